The van der Waals surface area contributed by atoms with Crippen molar-refractivity contribution in [3.63, 3.8) is 0 Å². The lowest BCUT2D eigenvalue weighted by Gasteiger charge is -2.22. The maximum Gasteiger partial charge on any atom is 0.418 e. The predicted molar refractivity (Wildman–Crippen MR) is 84.3 cm³/mol. The molecule has 0 aromatic carbocycles. The zero-order valence-electron chi connectivity index (χ0n) is 14.7. The number of ether oxygens (including phenoxy) is 1. The van der Waals surface area contributed by atoms with Crippen molar-refractivity contribution in [3.8, 4) is 0 Å². The zero-order chi connectivity index (χ0) is 18.2. The Bertz CT molecular complexity index is 694. The lowest BCUT2D eigenvalue weighted by molar-refractivity contribution is -0.140. The first kappa shape index (κ1) is 17.4. The maximum atomic E-state index is 12.5. The van der Waals surface area contributed by atoms with Crippen LogP contribution >= 0.6 is 0 Å². The molecule has 3 amide bonds. The number of aromatic nitrogens is 2. The van der Waals surface area contributed by atoms with Crippen molar-refractivity contribution in [2.75, 3.05) is 13.1 Å². The fraction of sp³-hybridized carbons (Fsp3) is 0.688. The molecule has 9 heteroatoms. The number of imide groups is 1. The van der Waals surface area contributed by atoms with Crippen LogP contribution < -0.4 is 0 Å². The summed E-state index contributed by atoms with van der Waals surface area (Å²) in [7, 11) is 0. The summed E-state index contributed by atoms with van der Waals surface area (Å²) in [6.45, 7) is 5.01. The van der Waals surface area contributed by atoms with Crippen molar-refractivity contribution >= 4 is 17.9 Å². The van der Waals surface area contributed by atoms with Crippen molar-refractivity contribution in [1.82, 2.24) is 19.9 Å². The van der Waals surface area contributed by atoms with E-state index in [1.165, 1.54) is 18.7 Å². The third-order valence-corrected chi connectivity index (χ3v) is 4.62. The molecule has 1 aliphatic heterocycles. The maximum absolute atomic E-state index is 12.5. The van der Waals surface area contributed by atoms with Crippen LogP contribution in [0, 0.1) is 0 Å². The van der Waals surface area contributed by atoms with Crippen LogP contribution in [0.3, 0.4) is 0 Å². The molecule has 9 nitrogen and oxygen atoms in total. The third-order valence-electron chi connectivity index (χ3n) is 4.62. The fourth-order valence-corrected chi connectivity index (χ4v) is 2.80. The third kappa shape index (κ3) is 3.35. The van der Waals surface area contributed by atoms with Gasteiger partial charge in [0.25, 0.3) is 5.91 Å². The SMILES string of the molecule is CCN(Cc1noc(C2CCC2)n1)C(=O)CN1C(=O)OC(C)(C)C1=O. The summed E-state index contributed by atoms with van der Waals surface area (Å²) in [5, 5.41) is 3.92. The molecule has 1 saturated heterocycles. The van der Waals surface area contributed by atoms with E-state index in [1.54, 1.807) is 6.92 Å². The van der Waals surface area contributed by atoms with Gasteiger partial charge in [0, 0.05) is 12.5 Å². The molecule has 1 aromatic heterocycles. The molecule has 0 bridgehead atoms. The van der Waals surface area contributed by atoms with Gasteiger partial charge in [0.1, 0.15) is 6.54 Å². The highest BCUT2D eigenvalue weighted by molar-refractivity contribution is 6.04. The quantitative estimate of drug-likeness (QED) is 0.764. The molecule has 2 aliphatic rings. The Morgan fingerprint density at radius 2 is 2.08 bits per heavy atom. The summed E-state index contributed by atoms with van der Waals surface area (Å²) < 4.78 is 10.2. The van der Waals surface area contributed by atoms with Gasteiger partial charge in [-0.15, -0.1) is 0 Å². The zero-order valence-corrected chi connectivity index (χ0v) is 14.7. The number of carbonyl (C=O) groups is 3. The number of rotatable bonds is 6. The molecule has 0 atom stereocenters. The molecule has 3 rings (SSSR count). The van der Waals surface area contributed by atoms with Crippen molar-refractivity contribution in [2.24, 2.45) is 0 Å². The van der Waals surface area contributed by atoms with Gasteiger partial charge in [0.05, 0.1) is 6.54 Å². The molecule has 0 N–H and O–H groups in total. The number of nitrogens with zero attached hydrogens (tertiary/aromatic N) is 4. The molecule has 2 fully saturated rings. The predicted octanol–water partition coefficient (Wildman–Crippen LogP) is 1.44. The Balaban J connectivity index is 1.62. The summed E-state index contributed by atoms with van der Waals surface area (Å²) in [5.74, 6) is 0.470. The van der Waals surface area contributed by atoms with E-state index in [0.29, 0.717) is 24.2 Å². The Morgan fingerprint density at radius 3 is 2.60 bits per heavy atom. The summed E-state index contributed by atoms with van der Waals surface area (Å²) >= 11 is 0. The number of hydrogen-bond donors (Lipinski definition) is 0. The molecular formula is C16H22N4O5. The largest absolute Gasteiger partial charge is 0.433 e. The smallest absolute Gasteiger partial charge is 0.418 e. The van der Waals surface area contributed by atoms with Gasteiger partial charge < -0.3 is 14.2 Å². The topological polar surface area (TPSA) is 106 Å². The molecule has 25 heavy (non-hydrogen) atoms. The van der Waals surface area contributed by atoms with E-state index < -0.39 is 17.6 Å². The minimum absolute atomic E-state index is 0.173. The molecule has 1 aromatic rings. The van der Waals surface area contributed by atoms with Crippen LogP contribution in [-0.4, -0.2) is 56.5 Å². The van der Waals surface area contributed by atoms with E-state index in [9.17, 15) is 14.4 Å². The van der Waals surface area contributed by atoms with Crippen molar-refractivity contribution in [1.29, 1.82) is 0 Å². The standard InChI is InChI=1S/C16H22N4O5/c1-4-19(8-11-17-13(25-18-11)10-6-5-7-10)12(21)9-20-14(22)16(2,3)24-15(20)23/h10H,4-9H2,1-3H3. The van der Waals surface area contributed by atoms with E-state index in [2.05, 4.69) is 10.1 Å². The summed E-state index contributed by atoms with van der Waals surface area (Å²) in [6, 6.07) is 0. The number of carbonyl (C=O) groups excluding carboxylic acids is 3. The first-order valence-corrected chi connectivity index (χ1v) is 8.47. The molecule has 1 aliphatic carbocycles. The minimum atomic E-state index is -1.24. The number of amides is 3. The van der Waals surface area contributed by atoms with Gasteiger partial charge in [0.15, 0.2) is 11.4 Å². The van der Waals surface area contributed by atoms with E-state index in [0.717, 1.165) is 24.2 Å². The lowest BCUT2D eigenvalue weighted by atomic mass is 9.85. The molecule has 2 heterocycles. The highest BCUT2D eigenvalue weighted by Crippen LogP contribution is 2.35. The van der Waals surface area contributed by atoms with Gasteiger partial charge in [-0.3, -0.25) is 9.59 Å². The van der Waals surface area contributed by atoms with Gasteiger partial charge in [-0.1, -0.05) is 11.6 Å². The summed E-state index contributed by atoms with van der Waals surface area (Å²) in [5.41, 5.74) is -1.24. The van der Waals surface area contributed by atoms with Gasteiger partial charge in [-0.2, -0.15) is 4.98 Å². The van der Waals surface area contributed by atoms with E-state index in [1.807, 2.05) is 0 Å². The van der Waals surface area contributed by atoms with Crippen LogP contribution in [0.1, 0.15) is 57.7 Å². The van der Waals surface area contributed by atoms with Gasteiger partial charge in [-0.05, 0) is 33.6 Å². The Morgan fingerprint density at radius 1 is 1.36 bits per heavy atom. The summed E-state index contributed by atoms with van der Waals surface area (Å²) in [6.07, 6.45) is 2.46. The highest BCUT2D eigenvalue weighted by atomic mass is 16.6. The van der Waals surface area contributed by atoms with E-state index in [4.69, 9.17) is 9.26 Å². The first-order valence-electron chi connectivity index (χ1n) is 8.47. The molecule has 1 saturated carbocycles. The number of hydrogen-bond acceptors (Lipinski definition) is 7. The second kappa shape index (κ2) is 6.45. The monoisotopic (exact) mass is 350 g/mol. The molecule has 136 valence electrons. The van der Waals surface area contributed by atoms with Crippen LogP contribution in [0.15, 0.2) is 4.52 Å². The van der Waals surface area contributed by atoms with Crippen LogP contribution in [0.5, 0.6) is 0 Å². The highest BCUT2D eigenvalue weighted by Gasteiger charge is 2.48. The van der Waals surface area contributed by atoms with Gasteiger partial charge >= 0.3 is 6.09 Å². The van der Waals surface area contributed by atoms with E-state index >= 15 is 0 Å². The summed E-state index contributed by atoms with van der Waals surface area (Å²) in [4.78, 5) is 43.1. The number of likely N-dealkylation sites (N-methyl/N-ethyl adjacent to an activating group) is 1. The van der Waals surface area contributed by atoms with Crippen molar-refractivity contribution < 1.29 is 23.6 Å². The van der Waals surface area contributed by atoms with E-state index in [-0.39, 0.29) is 19.0 Å². The Kier molecular flexibility index (Phi) is 4.49. The van der Waals surface area contributed by atoms with Gasteiger partial charge in [-0.25, -0.2) is 9.69 Å². The Labute approximate surface area is 145 Å². The van der Waals surface area contributed by atoms with Crippen LogP contribution in [0.2, 0.25) is 0 Å². The average molecular weight is 350 g/mol. The lowest BCUT2D eigenvalue weighted by Crippen LogP contribution is -2.44. The van der Waals surface area contributed by atoms with Crippen molar-refractivity contribution in [2.45, 2.75) is 58.1 Å². The molecule has 0 radical (unpaired) electrons. The first-order chi connectivity index (χ1) is 11.8. The number of cyclic esters (lactones) is 1. The average Bonchev–Trinajstić information content (AvgIpc) is 3.01. The van der Waals surface area contributed by atoms with Gasteiger partial charge in [0.2, 0.25) is 11.8 Å². The second-order valence-corrected chi connectivity index (χ2v) is 6.85. The van der Waals surface area contributed by atoms with Crippen LogP contribution in [-0.2, 0) is 20.9 Å². The molecule has 0 unspecified atom stereocenters. The fourth-order valence-electron chi connectivity index (χ4n) is 2.80. The van der Waals surface area contributed by atoms with Crippen molar-refractivity contribution in [3.05, 3.63) is 11.7 Å². The Hall–Kier alpha value is -2.45. The van der Waals surface area contributed by atoms with Crippen LogP contribution in [0.4, 0.5) is 4.79 Å². The second-order valence-electron chi connectivity index (χ2n) is 6.85. The minimum Gasteiger partial charge on any atom is -0.433 e. The molecule has 0 spiro atoms. The normalized spacial score (nSPS) is 19.7. The van der Waals surface area contributed by atoms with Crippen LogP contribution in [0.25, 0.3) is 0 Å². The molecular weight excluding hydrogens is 328 g/mol.